The highest BCUT2D eigenvalue weighted by molar-refractivity contribution is 5.66. The Morgan fingerprint density at radius 1 is 1.12 bits per heavy atom. The molecule has 16 heavy (non-hydrogen) atoms. The lowest BCUT2D eigenvalue weighted by molar-refractivity contribution is -0.148. The molecule has 0 aliphatic carbocycles. The van der Waals surface area contributed by atoms with Crippen molar-refractivity contribution in [3.05, 3.63) is 35.9 Å². The van der Waals surface area contributed by atoms with Gasteiger partial charge in [0.1, 0.15) is 0 Å². The fourth-order valence-corrected chi connectivity index (χ4v) is 1.86. The fraction of sp³-hybridized carbons (Fsp3) is 0.500. The van der Waals surface area contributed by atoms with E-state index in [4.69, 9.17) is 4.74 Å². The summed E-state index contributed by atoms with van der Waals surface area (Å²) in [7, 11) is 0. The number of rotatable bonds is 5. The van der Waals surface area contributed by atoms with Crippen LogP contribution in [0.15, 0.2) is 30.3 Å². The molecule has 0 aliphatic heterocycles. The predicted molar refractivity (Wildman–Crippen MR) is 65.2 cm³/mol. The van der Waals surface area contributed by atoms with Crippen molar-refractivity contribution >= 4 is 6.29 Å². The average molecular weight is 220 g/mol. The molecule has 1 aromatic rings. The van der Waals surface area contributed by atoms with Crippen molar-refractivity contribution in [2.24, 2.45) is 5.92 Å². The Kier molecular flexibility index (Phi) is 4.25. The molecule has 0 bridgehead atoms. The van der Waals surface area contributed by atoms with Crippen LogP contribution in [0.5, 0.6) is 0 Å². The lowest BCUT2D eigenvalue weighted by atomic mass is 9.84. The summed E-state index contributed by atoms with van der Waals surface area (Å²) in [4.78, 5) is 11.5. The van der Waals surface area contributed by atoms with E-state index in [1.165, 1.54) is 0 Å². The number of carbonyl (C=O) groups excluding carboxylic acids is 1. The van der Waals surface area contributed by atoms with Crippen molar-refractivity contribution in [2.45, 2.75) is 39.4 Å². The summed E-state index contributed by atoms with van der Waals surface area (Å²) in [6, 6.07) is 9.68. The first-order valence-electron chi connectivity index (χ1n) is 5.72. The summed E-state index contributed by atoms with van der Waals surface area (Å²) in [5.41, 5.74) is 0.101. The summed E-state index contributed by atoms with van der Waals surface area (Å²) in [6.45, 7) is 7.90. The highest BCUT2D eigenvalue weighted by Gasteiger charge is 2.37. The van der Waals surface area contributed by atoms with Crippen LogP contribution in [0.1, 0.15) is 33.3 Å². The number of benzene rings is 1. The molecule has 0 heterocycles. The standard InChI is InChI=1S/C14H20O2/c1-11(2)14(10-15,16-12(3)4)13-8-6-5-7-9-13/h5-12H,1-4H3. The van der Waals surface area contributed by atoms with Gasteiger partial charge in [-0.25, -0.2) is 0 Å². The molecular weight excluding hydrogens is 200 g/mol. The smallest absolute Gasteiger partial charge is 0.156 e. The second-order valence-electron chi connectivity index (χ2n) is 4.60. The molecule has 0 amide bonds. The Hall–Kier alpha value is -1.15. The zero-order valence-electron chi connectivity index (χ0n) is 10.4. The highest BCUT2D eigenvalue weighted by Crippen LogP contribution is 2.32. The molecule has 0 saturated heterocycles. The fourth-order valence-electron chi connectivity index (χ4n) is 1.86. The molecule has 1 rings (SSSR count). The Labute approximate surface area is 97.6 Å². The number of hydrogen-bond acceptors (Lipinski definition) is 2. The van der Waals surface area contributed by atoms with E-state index in [1.54, 1.807) is 0 Å². The summed E-state index contributed by atoms with van der Waals surface area (Å²) in [6.07, 6.45) is 0.945. The van der Waals surface area contributed by atoms with E-state index in [-0.39, 0.29) is 12.0 Å². The minimum atomic E-state index is -0.824. The number of ether oxygens (including phenoxy) is 1. The molecule has 1 aromatic carbocycles. The first kappa shape index (κ1) is 12.9. The number of aldehydes is 1. The van der Waals surface area contributed by atoms with Gasteiger partial charge >= 0.3 is 0 Å². The Morgan fingerprint density at radius 2 is 1.69 bits per heavy atom. The largest absolute Gasteiger partial charge is 0.360 e. The maximum atomic E-state index is 11.5. The zero-order chi connectivity index (χ0) is 12.2. The summed E-state index contributed by atoms with van der Waals surface area (Å²) in [5, 5.41) is 0. The van der Waals surface area contributed by atoms with Crippen LogP contribution < -0.4 is 0 Å². The predicted octanol–water partition coefficient (Wildman–Crippen LogP) is 3.16. The molecule has 0 aromatic heterocycles. The second-order valence-corrected chi connectivity index (χ2v) is 4.60. The Bertz CT molecular complexity index is 330. The van der Waals surface area contributed by atoms with Crippen molar-refractivity contribution in [2.75, 3.05) is 0 Å². The summed E-state index contributed by atoms with van der Waals surface area (Å²) >= 11 is 0. The van der Waals surface area contributed by atoms with Gasteiger partial charge in [0.25, 0.3) is 0 Å². The minimum Gasteiger partial charge on any atom is -0.360 e. The van der Waals surface area contributed by atoms with Gasteiger partial charge < -0.3 is 4.74 Å². The zero-order valence-corrected chi connectivity index (χ0v) is 10.4. The van der Waals surface area contributed by atoms with E-state index in [0.29, 0.717) is 0 Å². The molecule has 0 fully saturated rings. The molecule has 0 N–H and O–H groups in total. The van der Waals surface area contributed by atoms with Gasteiger partial charge in [-0.2, -0.15) is 0 Å². The average Bonchev–Trinajstić information content (AvgIpc) is 2.26. The van der Waals surface area contributed by atoms with Gasteiger partial charge in [-0.15, -0.1) is 0 Å². The minimum absolute atomic E-state index is 0.0211. The van der Waals surface area contributed by atoms with Crippen molar-refractivity contribution in [3.63, 3.8) is 0 Å². The van der Waals surface area contributed by atoms with Gasteiger partial charge in [-0.1, -0.05) is 44.2 Å². The van der Waals surface area contributed by atoms with Crippen LogP contribution in [0.25, 0.3) is 0 Å². The van der Waals surface area contributed by atoms with Crippen LogP contribution in [0.4, 0.5) is 0 Å². The third kappa shape index (κ3) is 2.50. The first-order chi connectivity index (χ1) is 7.53. The lowest BCUT2D eigenvalue weighted by Gasteiger charge is -2.34. The molecule has 1 atom stereocenters. The monoisotopic (exact) mass is 220 g/mol. The first-order valence-corrected chi connectivity index (χ1v) is 5.72. The van der Waals surface area contributed by atoms with Gasteiger partial charge in [0.15, 0.2) is 11.9 Å². The van der Waals surface area contributed by atoms with Crippen molar-refractivity contribution < 1.29 is 9.53 Å². The van der Waals surface area contributed by atoms with Crippen LogP contribution >= 0.6 is 0 Å². The lowest BCUT2D eigenvalue weighted by Crippen LogP contribution is -2.39. The Morgan fingerprint density at radius 3 is 2.06 bits per heavy atom. The second kappa shape index (κ2) is 5.26. The van der Waals surface area contributed by atoms with Gasteiger partial charge in [-0.3, -0.25) is 4.79 Å². The van der Waals surface area contributed by atoms with Crippen molar-refractivity contribution in [3.8, 4) is 0 Å². The van der Waals surface area contributed by atoms with Gasteiger partial charge in [-0.05, 0) is 25.3 Å². The van der Waals surface area contributed by atoms with Crippen molar-refractivity contribution in [1.82, 2.24) is 0 Å². The van der Waals surface area contributed by atoms with E-state index < -0.39 is 5.60 Å². The topological polar surface area (TPSA) is 26.3 Å². The van der Waals surface area contributed by atoms with Crippen molar-refractivity contribution in [1.29, 1.82) is 0 Å². The summed E-state index contributed by atoms with van der Waals surface area (Å²) in [5.74, 6) is 0.106. The van der Waals surface area contributed by atoms with Crippen LogP contribution in [0.2, 0.25) is 0 Å². The van der Waals surface area contributed by atoms with E-state index >= 15 is 0 Å². The third-order valence-electron chi connectivity index (χ3n) is 2.69. The molecule has 88 valence electrons. The number of carbonyl (C=O) groups is 1. The molecule has 2 nitrogen and oxygen atoms in total. The molecule has 2 heteroatoms. The molecule has 0 aliphatic rings. The van der Waals surface area contributed by atoms with E-state index in [0.717, 1.165) is 11.8 Å². The van der Waals surface area contributed by atoms with E-state index in [1.807, 2.05) is 58.0 Å². The van der Waals surface area contributed by atoms with Crippen LogP contribution in [0.3, 0.4) is 0 Å². The quantitative estimate of drug-likeness (QED) is 0.712. The molecule has 0 saturated carbocycles. The van der Waals surface area contributed by atoms with Crippen LogP contribution in [-0.4, -0.2) is 12.4 Å². The van der Waals surface area contributed by atoms with E-state index in [9.17, 15) is 4.79 Å². The SMILES string of the molecule is CC(C)OC(C=O)(c1ccccc1)C(C)C. The molecule has 0 spiro atoms. The molecule has 0 radical (unpaired) electrons. The summed E-state index contributed by atoms with van der Waals surface area (Å²) < 4.78 is 5.87. The van der Waals surface area contributed by atoms with Gasteiger partial charge in [0, 0.05) is 0 Å². The highest BCUT2D eigenvalue weighted by atomic mass is 16.5. The van der Waals surface area contributed by atoms with Crippen LogP contribution in [0, 0.1) is 5.92 Å². The maximum Gasteiger partial charge on any atom is 0.156 e. The molecular formula is C14H20O2. The normalized spacial score (nSPS) is 15.1. The van der Waals surface area contributed by atoms with Gasteiger partial charge in [0.2, 0.25) is 0 Å². The van der Waals surface area contributed by atoms with E-state index in [2.05, 4.69) is 0 Å². The maximum absolute atomic E-state index is 11.5. The Balaban J connectivity index is 3.17. The van der Waals surface area contributed by atoms with Crippen LogP contribution in [-0.2, 0) is 15.1 Å². The van der Waals surface area contributed by atoms with Gasteiger partial charge in [0.05, 0.1) is 6.10 Å². The molecule has 1 unspecified atom stereocenters. The number of hydrogen-bond donors (Lipinski definition) is 0. The third-order valence-corrected chi connectivity index (χ3v) is 2.69.